The van der Waals surface area contributed by atoms with Crippen molar-refractivity contribution < 1.29 is 5.11 Å². The molecule has 1 aliphatic carbocycles. The van der Waals surface area contributed by atoms with Crippen LogP contribution in [0, 0.1) is 0 Å². The maximum absolute atomic E-state index is 9.65. The fourth-order valence-electron chi connectivity index (χ4n) is 1.43. The van der Waals surface area contributed by atoms with E-state index in [0.29, 0.717) is 17.5 Å². The minimum atomic E-state index is 0.351. The van der Waals surface area contributed by atoms with Crippen LogP contribution in [0.5, 0.6) is 0 Å². The van der Waals surface area contributed by atoms with Crippen LogP contribution in [0.2, 0.25) is 0 Å². The highest BCUT2D eigenvalue weighted by molar-refractivity contribution is 5.51. The van der Waals surface area contributed by atoms with Gasteiger partial charge in [-0.15, -0.1) is 0 Å². The van der Waals surface area contributed by atoms with Gasteiger partial charge in [-0.3, -0.25) is 4.98 Å². The Morgan fingerprint density at radius 2 is 2.31 bits per heavy atom. The molecule has 0 fully saturated rings. The van der Waals surface area contributed by atoms with E-state index in [9.17, 15) is 5.11 Å². The third-order valence-electron chi connectivity index (χ3n) is 2.11. The van der Waals surface area contributed by atoms with Gasteiger partial charge < -0.3 is 5.11 Å². The van der Waals surface area contributed by atoms with Crippen molar-refractivity contribution in [2.24, 2.45) is 0 Å². The number of rotatable bonds is 0. The summed E-state index contributed by atoms with van der Waals surface area (Å²) in [6.07, 6.45) is 6.30. The SMILES string of the molecule is CC1=CCC(O)=c2ncccc2=C1. The van der Waals surface area contributed by atoms with Crippen molar-refractivity contribution in [3.63, 3.8) is 0 Å². The van der Waals surface area contributed by atoms with Gasteiger partial charge in [0.1, 0.15) is 11.1 Å². The van der Waals surface area contributed by atoms with Gasteiger partial charge in [0.2, 0.25) is 0 Å². The lowest BCUT2D eigenvalue weighted by Gasteiger charge is -1.92. The zero-order chi connectivity index (χ0) is 9.26. The molecule has 0 saturated heterocycles. The normalized spacial score (nSPS) is 15.5. The molecule has 0 aliphatic heterocycles. The second-order valence-corrected chi connectivity index (χ2v) is 3.18. The van der Waals surface area contributed by atoms with Crippen molar-refractivity contribution >= 4 is 11.8 Å². The molecule has 0 aromatic carbocycles. The van der Waals surface area contributed by atoms with Crippen LogP contribution in [-0.4, -0.2) is 10.1 Å². The summed E-state index contributed by atoms with van der Waals surface area (Å²) in [5.41, 5.74) is 1.17. The van der Waals surface area contributed by atoms with E-state index in [2.05, 4.69) is 4.98 Å². The number of fused-ring (bicyclic) bond motifs is 1. The molecule has 2 heteroatoms. The molecule has 66 valence electrons. The molecule has 13 heavy (non-hydrogen) atoms. The zero-order valence-corrected chi connectivity index (χ0v) is 7.49. The average Bonchev–Trinajstić information content (AvgIpc) is 2.27. The zero-order valence-electron chi connectivity index (χ0n) is 7.49. The molecule has 0 saturated carbocycles. The van der Waals surface area contributed by atoms with Crippen molar-refractivity contribution in [2.45, 2.75) is 13.3 Å². The molecular weight excluding hydrogens is 162 g/mol. The summed E-state index contributed by atoms with van der Waals surface area (Å²) in [6.45, 7) is 2.02. The first kappa shape index (κ1) is 8.05. The Labute approximate surface area is 76.6 Å². The van der Waals surface area contributed by atoms with Gasteiger partial charge in [-0.1, -0.05) is 23.8 Å². The molecule has 2 nitrogen and oxygen atoms in total. The van der Waals surface area contributed by atoms with Crippen LogP contribution in [0.1, 0.15) is 13.3 Å². The number of aliphatic hydroxyl groups is 1. The van der Waals surface area contributed by atoms with Crippen molar-refractivity contribution in [1.82, 2.24) is 4.98 Å². The highest BCUT2D eigenvalue weighted by Crippen LogP contribution is 2.03. The monoisotopic (exact) mass is 173 g/mol. The van der Waals surface area contributed by atoms with Gasteiger partial charge in [-0.25, -0.2) is 0 Å². The van der Waals surface area contributed by atoms with Crippen molar-refractivity contribution in [1.29, 1.82) is 0 Å². The second kappa shape index (κ2) is 3.05. The van der Waals surface area contributed by atoms with E-state index in [0.717, 1.165) is 5.22 Å². The molecule has 1 aliphatic rings. The lowest BCUT2D eigenvalue weighted by atomic mass is 10.2. The molecule has 1 aromatic heterocycles. The Kier molecular flexibility index (Phi) is 1.89. The van der Waals surface area contributed by atoms with Crippen LogP contribution in [0.4, 0.5) is 0 Å². The van der Waals surface area contributed by atoms with Crippen molar-refractivity contribution in [3.05, 3.63) is 40.5 Å². The number of aliphatic hydroxyl groups excluding tert-OH is 1. The maximum Gasteiger partial charge on any atom is 0.122 e. The lowest BCUT2D eigenvalue weighted by molar-refractivity contribution is 0.486. The number of nitrogens with zero attached hydrogens (tertiary/aromatic N) is 1. The predicted molar refractivity (Wildman–Crippen MR) is 52.4 cm³/mol. The molecule has 0 radical (unpaired) electrons. The van der Waals surface area contributed by atoms with Gasteiger partial charge >= 0.3 is 0 Å². The van der Waals surface area contributed by atoms with E-state index in [1.165, 1.54) is 5.57 Å². The van der Waals surface area contributed by atoms with Gasteiger partial charge in [0.25, 0.3) is 0 Å². The second-order valence-electron chi connectivity index (χ2n) is 3.18. The summed E-state index contributed by atoms with van der Waals surface area (Å²) in [5.74, 6) is 0.351. The molecule has 1 N–H and O–H groups in total. The van der Waals surface area contributed by atoms with Crippen LogP contribution >= 0.6 is 0 Å². The van der Waals surface area contributed by atoms with Crippen LogP contribution < -0.4 is 10.6 Å². The third kappa shape index (κ3) is 1.47. The number of aromatic nitrogens is 1. The lowest BCUT2D eigenvalue weighted by Crippen LogP contribution is -2.29. The van der Waals surface area contributed by atoms with Crippen LogP contribution in [0.15, 0.2) is 30.0 Å². The van der Waals surface area contributed by atoms with Gasteiger partial charge in [-0.2, -0.15) is 0 Å². The summed E-state index contributed by atoms with van der Waals surface area (Å²) in [7, 11) is 0. The number of pyridine rings is 1. The van der Waals surface area contributed by atoms with Crippen LogP contribution in [-0.2, 0) is 0 Å². The first-order valence-corrected chi connectivity index (χ1v) is 4.29. The Balaban J connectivity index is 2.84. The molecule has 0 unspecified atom stereocenters. The molecule has 0 spiro atoms. The van der Waals surface area contributed by atoms with Gasteiger partial charge in [0.15, 0.2) is 0 Å². The van der Waals surface area contributed by atoms with Crippen molar-refractivity contribution in [2.75, 3.05) is 0 Å². The fraction of sp³-hybridized carbons (Fsp3) is 0.182. The smallest absolute Gasteiger partial charge is 0.122 e. The van der Waals surface area contributed by atoms with E-state index < -0.39 is 0 Å². The summed E-state index contributed by atoms with van der Waals surface area (Å²) in [5, 5.41) is 11.3. The Bertz CT molecular complexity index is 471. The summed E-state index contributed by atoms with van der Waals surface area (Å²) >= 11 is 0. The summed E-state index contributed by atoms with van der Waals surface area (Å²) in [4.78, 5) is 4.14. The maximum atomic E-state index is 9.65. The first-order valence-electron chi connectivity index (χ1n) is 4.29. The molecular formula is C11H11NO. The molecule has 0 bridgehead atoms. The molecule has 2 rings (SSSR count). The Hall–Kier alpha value is -1.57. The number of allylic oxidation sites excluding steroid dienone is 1. The summed E-state index contributed by atoms with van der Waals surface area (Å²) in [6, 6.07) is 3.84. The standard InChI is InChI=1S/C11H11NO/c1-8-4-5-10(13)11-9(7-8)3-2-6-12-11/h2-4,6-7,13H,5H2,1H3. The van der Waals surface area contributed by atoms with E-state index in [1.807, 2.05) is 31.2 Å². The fourth-order valence-corrected chi connectivity index (χ4v) is 1.43. The highest BCUT2D eigenvalue weighted by atomic mass is 16.3. The Morgan fingerprint density at radius 1 is 1.46 bits per heavy atom. The molecule has 1 heterocycles. The van der Waals surface area contributed by atoms with E-state index in [4.69, 9.17) is 0 Å². The van der Waals surface area contributed by atoms with Gasteiger partial charge in [0, 0.05) is 17.8 Å². The largest absolute Gasteiger partial charge is 0.510 e. The summed E-state index contributed by atoms with van der Waals surface area (Å²) < 4.78 is 0. The molecule has 0 atom stereocenters. The van der Waals surface area contributed by atoms with E-state index in [-0.39, 0.29) is 0 Å². The van der Waals surface area contributed by atoms with E-state index >= 15 is 0 Å². The van der Waals surface area contributed by atoms with Crippen LogP contribution in [0.25, 0.3) is 11.8 Å². The van der Waals surface area contributed by atoms with Crippen molar-refractivity contribution in [3.8, 4) is 0 Å². The number of hydrogen-bond acceptors (Lipinski definition) is 2. The minimum Gasteiger partial charge on any atom is -0.510 e. The third-order valence-corrected chi connectivity index (χ3v) is 2.11. The molecule has 1 aromatic rings. The van der Waals surface area contributed by atoms with Gasteiger partial charge in [-0.05, 0) is 13.0 Å². The quantitative estimate of drug-likeness (QED) is 0.631. The van der Waals surface area contributed by atoms with Crippen LogP contribution in [0.3, 0.4) is 0 Å². The topological polar surface area (TPSA) is 33.1 Å². The minimum absolute atomic E-state index is 0.351. The molecule has 0 amide bonds. The Morgan fingerprint density at radius 3 is 3.15 bits per heavy atom. The van der Waals surface area contributed by atoms with E-state index in [1.54, 1.807) is 6.20 Å². The average molecular weight is 173 g/mol. The predicted octanol–water partition coefficient (Wildman–Crippen LogP) is 0.878. The van der Waals surface area contributed by atoms with Gasteiger partial charge in [0.05, 0.1) is 0 Å². The first-order chi connectivity index (χ1) is 6.27. The highest BCUT2D eigenvalue weighted by Gasteiger charge is 1.99. The number of hydrogen-bond donors (Lipinski definition) is 1.